The molecule has 6 nitrogen and oxygen atoms in total. The zero-order chi connectivity index (χ0) is 22.3. The van der Waals surface area contributed by atoms with Crippen LogP contribution in [0, 0.1) is 13.8 Å². The highest BCUT2D eigenvalue weighted by molar-refractivity contribution is 7.89. The minimum atomic E-state index is -3.49. The van der Waals surface area contributed by atoms with Crippen molar-refractivity contribution in [3.05, 3.63) is 59.2 Å². The molecule has 1 aliphatic rings. The van der Waals surface area contributed by atoms with Gasteiger partial charge in [-0.25, -0.2) is 13.1 Å². The number of rotatable bonds is 9. The van der Waals surface area contributed by atoms with E-state index in [4.69, 9.17) is 4.74 Å². The molecule has 0 saturated heterocycles. The van der Waals surface area contributed by atoms with Crippen LogP contribution in [-0.2, 0) is 21.2 Å². The van der Waals surface area contributed by atoms with E-state index in [1.165, 1.54) is 6.42 Å². The van der Waals surface area contributed by atoms with Crippen LogP contribution in [0.15, 0.2) is 47.4 Å². The van der Waals surface area contributed by atoms with Crippen LogP contribution in [0.4, 0.5) is 0 Å². The summed E-state index contributed by atoms with van der Waals surface area (Å²) in [5.74, 6) is 0.565. The molecule has 0 spiro atoms. The smallest absolute Gasteiger partial charge is 0.257 e. The van der Waals surface area contributed by atoms with E-state index in [9.17, 15) is 13.2 Å². The standard InChI is InChI=1S/C24H32N2O4S/c1-18-7-6-8-19(2)24(18)30-17-23(27)25-16-15-20-11-13-22(14-12-20)31(28,29)26-21-9-4-3-5-10-21/h6-8,11-14,21,26H,3-5,9-10,15-17H2,1-2H3,(H,25,27). The first-order valence-corrected chi connectivity index (χ1v) is 12.4. The molecule has 0 aromatic heterocycles. The number of para-hydroxylation sites is 1. The zero-order valence-electron chi connectivity index (χ0n) is 18.3. The molecule has 31 heavy (non-hydrogen) atoms. The molecule has 2 N–H and O–H groups in total. The summed E-state index contributed by atoms with van der Waals surface area (Å²) in [6.45, 7) is 4.33. The number of ether oxygens (including phenoxy) is 1. The summed E-state index contributed by atoms with van der Waals surface area (Å²) in [6.07, 6.45) is 5.77. The van der Waals surface area contributed by atoms with Gasteiger partial charge in [0.2, 0.25) is 10.0 Å². The third-order valence-corrected chi connectivity index (χ3v) is 7.19. The van der Waals surface area contributed by atoms with Gasteiger partial charge in [-0.1, -0.05) is 49.6 Å². The molecule has 0 bridgehead atoms. The highest BCUT2D eigenvalue weighted by atomic mass is 32.2. The maximum absolute atomic E-state index is 12.6. The summed E-state index contributed by atoms with van der Waals surface area (Å²) < 4.78 is 33.6. The second kappa shape index (κ2) is 10.8. The van der Waals surface area contributed by atoms with Gasteiger partial charge >= 0.3 is 0 Å². The van der Waals surface area contributed by atoms with Gasteiger partial charge in [0.25, 0.3) is 5.91 Å². The number of hydrogen-bond acceptors (Lipinski definition) is 4. The van der Waals surface area contributed by atoms with Crippen LogP contribution in [0.25, 0.3) is 0 Å². The topological polar surface area (TPSA) is 84.5 Å². The lowest BCUT2D eigenvalue weighted by Gasteiger charge is -2.22. The van der Waals surface area contributed by atoms with Crippen LogP contribution in [-0.4, -0.2) is 33.5 Å². The first-order valence-electron chi connectivity index (χ1n) is 10.9. The van der Waals surface area contributed by atoms with Crippen molar-refractivity contribution in [1.82, 2.24) is 10.0 Å². The fraction of sp³-hybridized carbons (Fsp3) is 0.458. The molecular weight excluding hydrogens is 412 g/mol. The third kappa shape index (κ3) is 6.80. The lowest BCUT2D eigenvalue weighted by molar-refractivity contribution is -0.123. The van der Waals surface area contributed by atoms with Gasteiger partial charge < -0.3 is 10.1 Å². The van der Waals surface area contributed by atoms with E-state index in [0.29, 0.717) is 13.0 Å². The van der Waals surface area contributed by atoms with Gasteiger partial charge in [-0.2, -0.15) is 0 Å². The van der Waals surface area contributed by atoms with Crippen LogP contribution in [0.2, 0.25) is 0 Å². The SMILES string of the molecule is Cc1cccc(C)c1OCC(=O)NCCc1ccc(S(=O)(=O)NC2CCCCC2)cc1. The summed E-state index contributed by atoms with van der Waals surface area (Å²) >= 11 is 0. The Balaban J connectivity index is 1.44. The van der Waals surface area contributed by atoms with E-state index >= 15 is 0 Å². The monoisotopic (exact) mass is 444 g/mol. The Morgan fingerprint density at radius 1 is 1.00 bits per heavy atom. The Bertz CT molecular complexity index is 961. The third-order valence-electron chi connectivity index (χ3n) is 5.65. The van der Waals surface area contributed by atoms with E-state index in [1.54, 1.807) is 24.3 Å². The molecule has 0 unspecified atom stereocenters. The van der Waals surface area contributed by atoms with Gasteiger partial charge in [0.1, 0.15) is 5.75 Å². The maximum atomic E-state index is 12.6. The second-order valence-electron chi connectivity index (χ2n) is 8.21. The molecule has 1 amide bonds. The fourth-order valence-corrected chi connectivity index (χ4v) is 5.21. The molecule has 1 saturated carbocycles. The number of benzene rings is 2. The molecule has 0 aliphatic heterocycles. The molecule has 0 heterocycles. The molecule has 0 radical (unpaired) electrons. The average molecular weight is 445 g/mol. The number of carbonyl (C=O) groups excluding carboxylic acids is 1. The minimum absolute atomic E-state index is 0.0320. The van der Waals surface area contributed by atoms with E-state index in [0.717, 1.165) is 48.1 Å². The predicted molar refractivity (Wildman–Crippen MR) is 122 cm³/mol. The highest BCUT2D eigenvalue weighted by Gasteiger charge is 2.21. The maximum Gasteiger partial charge on any atom is 0.257 e. The Kier molecular flexibility index (Phi) is 8.09. The van der Waals surface area contributed by atoms with Crippen molar-refractivity contribution >= 4 is 15.9 Å². The van der Waals surface area contributed by atoms with Crippen LogP contribution in [0.1, 0.15) is 48.8 Å². The molecule has 0 atom stereocenters. The zero-order valence-corrected chi connectivity index (χ0v) is 19.1. The summed E-state index contributed by atoms with van der Waals surface area (Å²) in [5, 5.41) is 2.84. The highest BCUT2D eigenvalue weighted by Crippen LogP contribution is 2.22. The van der Waals surface area contributed by atoms with E-state index in [1.807, 2.05) is 32.0 Å². The predicted octanol–water partition coefficient (Wildman–Crippen LogP) is 3.65. The van der Waals surface area contributed by atoms with Gasteiger partial charge in [-0.15, -0.1) is 0 Å². The largest absolute Gasteiger partial charge is 0.483 e. The first kappa shape index (κ1) is 23.3. The van der Waals surface area contributed by atoms with Crippen molar-refractivity contribution < 1.29 is 17.9 Å². The second-order valence-corrected chi connectivity index (χ2v) is 9.92. The van der Waals surface area contributed by atoms with Gasteiger partial charge in [-0.05, 0) is 61.9 Å². The van der Waals surface area contributed by atoms with E-state index in [-0.39, 0.29) is 23.5 Å². The summed E-state index contributed by atoms with van der Waals surface area (Å²) in [6, 6.07) is 12.8. The van der Waals surface area contributed by atoms with Crippen molar-refractivity contribution in [1.29, 1.82) is 0 Å². The quantitative estimate of drug-likeness (QED) is 0.618. The van der Waals surface area contributed by atoms with Crippen molar-refractivity contribution in [2.75, 3.05) is 13.2 Å². The summed E-state index contributed by atoms with van der Waals surface area (Å²) in [5.41, 5.74) is 2.97. The van der Waals surface area contributed by atoms with Crippen LogP contribution in [0.5, 0.6) is 5.75 Å². The first-order chi connectivity index (χ1) is 14.8. The molecule has 1 aliphatic carbocycles. The molecule has 1 fully saturated rings. The van der Waals surface area contributed by atoms with Gasteiger partial charge in [0.15, 0.2) is 6.61 Å². The van der Waals surface area contributed by atoms with Crippen LogP contribution >= 0.6 is 0 Å². The Hall–Kier alpha value is -2.38. The van der Waals surface area contributed by atoms with Crippen LogP contribution < -0.4 is 14.8 Å². The molecule has 3 rings (SSSR count). The number of nitrogens with one attached hydrogen (secondary N) is 2. The molecule has 168 valence electrons. The van der Waals surface area contributed by atoms with Gasteiger partial charge in [-0.3, -0.25) is 4.79 Å². The average Bonchev–Trinajstić information content (AvgIpc) is 2.74. The molecule has 2 aromatic rings. The number of aryl methyl sites for hydroxylation is 2. The number of carbonyl (C=O) groups is 1. The Labute approximate surface area is 185 Å². The summed E-state index contributed by atoms with van der Waals surface area (Å²) in [4.78, 5) is 12.4. The summed E-state index contributed by atoms with van der Waals surface area (Å²) in [7, 11) is -3.49. The van der Waals surface area contributed by atoms with Gasteiger partial charge in [0, 0.05) is 12.6 Å². The molecular formula is C24H32N2O4S. The Morgan fingerprint density at radius 3 is 2.29 bits per heavy atom. The number of amides is 1. The fourth-order valence-electron chi connectivity index (χ4n) is 3.91. The normalized spacial score (nSPS) is 14.9. The lowest BCUT2D eigenvalue weighted by Crippen LogP contribution is -2.36. The Morgan fingerprint density at radius 2 is 1.65 bits per heavy atom. The molecule has 2 aromatic carbocycles. The molecule has 7 heteroatoms. The lowest BCUT2D eigenvalue weighted by atomic mass is 9.96. The number of sulfonamides is 1. The van der Waals surface area contributed by atoms with Crippen LogP contribution in [0.3, 0.4) is 0 Å². The van der Waals surface area contributed by atoms with Crippen molar-refractivity contribution in [3.8, 4) is 5.75 Å². The minimum Gasteiger partial charge on any atom is -0.483 e. The van der Waals surface area contributed by atoms with E-state index in [2.05, 4.69) is 10.0 Å². The van der Waals surface area contributed by atoms with Crippen molar-refractivity contribution in [2.24, 2.45) is 0 Å². The van der Waals surface area contributed by atoms with Crippen molar-refractivity contribution in [3.63, 3.8) is 0 Å². The number of hydrogen-bond donors (Lipinski definition) is 2. The van der Waals surface area contributed by atoms with Crippen molar-refractivity contribution in [2.45, 2.75) is 63.3 Å². The van der Waals surface area contributed by atoms with E-state index < -0.39 is 10.0 Å². The van der Waals surface area contributed by atoms with Gasteiger partial charge in [0.05, 0.1) is 4.90 Å².